The Bertz CT molecular complexity index is 381. The molecule has 2 N–H and O–H groups in total. The highest BCUT2D eigenvalue weighted by Gasteiger charge is 2.15. The van der Waals surface area contributed by atoms with Crippen molar-refractivity contribution in [3.05, 3.63) is 29.3 Å². The predicted octanol–water partition coefficient (Wildman–Crippen LogP) is 3.65. The van der Waals surface area contributed by atoms with Gasteiger partial charge in [-0.2, -0.15) is 0 Å². The molecule has 0 aliphatic carbocycles. The summed E-state index contributed by atoms with van der Waals surface area (Å²) in [6, 6.07) is 6.89. The Morgan fingerprint density at radius 3 is 2.56 bits per heavy atom. The second kappa shape index (κ2) is 6.24. The van der Waals surface area contributed by atoms with E-state index in [2.05, 4.69) is 36.9 Å². The molecule has 1 atom stereocenters. The lowest BCUT2D eigenvalue weighted by Gasteiger charge is -2.31. The van der Waals surface area contributed by atoms with Crippen LogP contribution in [0.5, 0.6) is 0 Å². The number of anilines is 1. The van der Waals surface area contributed by atoms with Gasteiger partial charge in [-0.3, -0.25) is 0 Å². The van der Waals surface area contributed by atoms with Crippen molar-refractivity contribution in [2.45, 2.75) is 52.0 Å². The summed E-state index contributed by atoms with van der Waals surface area (Å²) >= 11 is 0. The molecule has 0 saturated carbocycles. The largest absolute Gasteiger partial charge is 0.371 e. The Labute approximate surface area is 111 Å². The number of hydrogen-bond acceptors (Lipinski definition) is 2. The second-order valence-electron chi connectivity index (χ2n) is 5.45. The summed E-state index contributed by atoms with van der Waals surface area (Å²) in [6.45, 7) is 7.56. The number of rotatable bonds is 4. The highest BCUT2D eigenvalue weighted by molar-refractivity contribution is 5.55. The van der Waals surface area contributed by atoms with E-state index < -0.39 is 0 Å². The SMILES string of the molecule is CCC(C)c1ccc(N2CCCCC2)c(CN)c1. The molecule has 1 aromatic carbocycles. The van der Waals surface area contributed by atoms with Gasteiger partial charge in [-0.25, -0.2) is 0 Å². The zero-order valence-corrected chi connectivity index (χ0v) is 11.8. The van der Waals surface area contributed by atoms with Gasteiger partial charge in [-0.15, -0.1) is 0 Å². The third-order valence-electron chi connectivity index (χ3n) is 4.20. The summed E-state index contributed by atoms with van der Waals surface area (Å²) in [5.74, 6) is 0.630. The maximum Gasteiger partial charge on any atom is 0.0411 e. The van der Waals surface area contributed by atoms with Crippen molar-refractivity contribution in [3.63, 3.8) is 0 Å². The Morgan fingerprint density at radius 1 is 1.22 bits per heavy atom. The molecule has 0 amide bonds. The molecule has 0 spiro atoms. The molecule has 1 heterocycles. The zero-order valence-electron chi connectivity index (χ0n) is 11.8. The van der Waals surface area contributed by atoms with Gasteiger partial charge in [-0.05, 0) is 48.8 Å². The van der Waals surface area contributed by atoms with Gasteiger partial charge in [0, 0.05) is 25.3 Å². The first kappa shape index (κ1) is 13.4. The molecule has 1 aliphatic heterocycles. The van der Waals surface area contributed by atoms with Crippen LogP contribution in [0.4, 0.5) is 5.69 Å². The van der Waals surface area contributed by atoms with Gasteiger partial charge in [0.2, 0.25) is 0 Å². The lowest BCUT2D eigenvalue weighted by Crippen LogP contribution is -2.30. The first-order valence-electron chi connectivity index (χ1n) is 7.34. The summed E-state index contributed by atoms with van der Waals surface area (Å²) in [6.07, 6.45) is 5.20. The Balaban J connectivity index is 2.24. The van der Waals surface area contributed by atoms with Crippen molar-refractivity contribution >= 4 is 5.69 Å². The van der Waals surface area contributed by atoms with Gasteiger partial charge in [0.25, 0.3) is 0 Å². The van der Waals surface area contributed by atoms with E-state index in [-0.39, 0.29) is 0 Å². The number of piperidine rings is 1. The molecule has 2 heteroatoms. The van der Waals surface area contributed by atoms with Crippen LogP contribution in [-0.2, 0) is 6.54 Å². The van der Waals surface area contributed by atoms with Crippen molar-refractivity contribution in [2.75, 3.05) is 18.0 Å². The summed E-state index contributed by atoms with van der Waals surface area (Å²) in [5, 5.41) is 0. The summed E-state index contributed by atoms with van der Waals surface area (Å²) in [7, 11) is 0. The molecule has 1 unspecified atom stereocenters. The maximum atomic E-state index is 5.94. The normalized spacial score (nSPS) is 17.8. The van der Waals surface area contributed by atoms with Crippen LogP contribution in [0.1, 0.15) is 56.6 Å². The van der Waals surface area contributed by atoms with E-state index in [0.29, 0.717) is 12.5 Å². The molecule has 0 aromatic heterocycles. The van der Waals surface area contributed by atoms with Crippen LogP contribution in [0, 0.1) is 0 Å². The summed E-state index contributed by atoms with van der Waals surface area (Å²) < 4.78 is 0. The Kier molecular flexibility index (Phi) is 4.65. The molecule has 0 bridgehead atoms. The molecular formula is C16H26N2. The van der Waals surface area contributed by atoms with Crippen molar-refractivity contribution < 1.29 is 0 Å². The third kappa shape index (κ3) is 2.86. The third-order valence-corrected chi connectivity index (χ3v) is 4.20. The average Bonchev–Trinajstić information content (AvgIpc) is 2.46. The van der Waals surface area contributed by atoms with Crippen LogP contribution >= 0.6 is 0 Å². The fourth-order valence-corrected chi connectivity index (χ4v) is 2.75. The second-order valence-corrected chi connectivity index (χ2v) is 5.45. The minimum atomic E-state index is 0.630. The molecule has 18 heavy (non-hydrogen) atoms. The fraction of sp³-hybridized carbons (Fsp3) is 0.625. The topological polar surface area (TPSA) is 29.3 Å². The van der Waals surface area contributed by atoms with Crippen LogP contribution in [0.3, 0.4) is 0 Å². The summed E-state index contributed by atoms with van der Waals surface area (Å²) in [4.78, 5) is 2.51. The van der Waals surface area contributed by atoms with Crippen LogP contribution in [0.2, 0.25) is 0 Å². The van der Waals surface area contributed by atoms with Crippen molar-refractivity contribution in [1.29, 1.82) is 0 Å². The minimum absolute atomic E-state index is 0.630. The van der Waals surface area contributed by atoms with E-state index in [4.69, 9.17) is 5.73 Å². The van der Waals surface area contributed by atoms with Crippen molar-refractivity contribution in [3.8, 4) is 0 Å². The van der Waals surface area contributed by atoms with Crippen LogP contribution in [0.25, 0.3) is 0 Å². The number of nitrogens with zero attached hydrogens (tertiary/aromatic N) is 1. The van der Waals surface area contributed by atoms with Gasteiger partial charge in [0.15, 0.2) is 0 Å². The van der Waals surface area contributed by atoms with Gasteiger partial charge in [0.05, 0.1) is 0 Å². The van der Waals surface area contributed by atoms with Crippen LogP contribution in [0.15, 0.2) is 18.2 Å². The Hall–Kier alpha value is -1.02. The van der Waals surface area contributed by atoms with Gasteiger partial charge >= 0.3 is 0 Å². The first-order valence-corrected chi connectivity index (χ1v) is 7.34. The number of benzene rings is 1. The summed E-state index contributed by atoms with van der Waals surface area (Å²) in [5.41, 5.74) is 10.1. The smallest absolute Gasteiger partial charge is 0.0411 e. The molecule has 1 saturated heterocycles. The first-order chi connectivity index (χ1) is 8.76. The molecule has 1 aliphatic rings. The van der Waals surface area contributed by atoms with Gasteiger partial charge < -0.3 is 10.6 Å². The lowest BCUT2D eigenvalue weighted by molar-refractivity contribution is 0.576. The molecule has 2 rings (SSSR count). The number of hydrogen-bond donors (Lipinski definition) is 1. The average molecular weight is 246 g/mol. The zero-order chi connectivity index (χ0) is 13.0. The highest BCUT2D eigenvalue weighted by Crippen LogP contribution is 2.28. The predicted molar refractivity (Wildman–Crippen MR) is 79.1 cm³/mol. The quantitative estimate of drug-likeness (QED) is 0.878. The van der Waals surface area contributed by atoms with E-state index in [1.807, 2.05) is 0 Å². The minimum Gasteiger partial charge on any atom is -0.371 e. The fourth-order valence-electron chi connectivity index (χ4n) is 2.75. The Morgan fingerprint density at radius 2 is 1.94 bits per heavy atom. The van der Waals surface area contributed by atoms with Gasteiger partial charge in [0.1, 0.15) is 0 Å². The standard InChI is InChI=1S/C16H26N2/c1-3-13(2)14-7-8-16(15(11-14)12-17)18-9-5-4-6-10-18/h7-8,11,13H,3-6,9-10,12,17H2,1-2H3. The molecule has 2 nitrogen and oxygen atoms in total. The van der Waals surface area contributed by atoms with Crippen LogP contribution in [-0.4, -0.2) is 13.1 Å². The maximum absolute atomic E-state index is 5.94. The highest BCUT2D eigenvalue weighted by atomic mass is 15.1. The van der Waals surface area contributed by atoms with Crippen molar-refractivity contribution in [2.24, 2.45) is 5.73 Å². The van der Waals surface area contributed by atoms with E-state index in [9.17, 15) is 0 Å². The molecule has 1 aromatic rings. The van der Waals surface area contributed by atoms with E-state index >= 15 is 0 Å². The lowest BCUT2D eigenvalue weighted by atomic mass is 9.95. The van der Waals surface area contributed by atoms with E-state index in [1.165, 1.54) is 55.6 Å². The van der Waals surface area contributed by atoms with Gasteiger partial charge in [-0.1, -0.05) is 26.0 Å². The van der Waals surface area contributed by atoms with Crippen LogP contribution < -0.4 is 10.6 Å². The van der Waals surface area contributed by atoms with E-state index in [0.717, 1.165) is 0 Å². The molecule has 0 radical (unpaired) electrons. The molecular weight excluding hydrogens is 220 g/mol. The molecule has 100 valence electrons. The number of nitrogens with two attached hydrogens (primary N) is 1. The van der Waals surface area contributed by atoms with Crippen molar-refractivity contribution in [1.82, 2.24) is 0 Å². The molecule has 1 fully saturated rings. The van der Waals surface area contributed by atoms with E-state index in [1.54, 1.807) is 0 Å². The monoisotopic (exact) mass is 246 g/mol.